The first-order valence-corrected chi connectivity index (χ1v) is 11.2. The summed E-state index contributed by atoms with van der Waals surface area (Å²) in [4.78, 5) is 26.9. The van der Waals surface area contributed by atoms with Gasteiger partial charge in [-0.25, -0.2) is 9.59 Å². The molecule has 0 N–H and O–H groups in total. The molecule has 0 aliphatic heterocycles. The molecule has 0 bridgehead atoms. The van der Waals surface area contributed by atoms with E-state index in [9.17, 15) is 9.59 Å². The highest BCUT2D eigenvalue weighted by molar-refractivity contribution is 9.10. The average Bonchev–Trinajstić information content (AvgIpc) is 2.64. The average molecular weight is 490 g/mol. The summed E-state index contributed by atoms with van der Waals surface area (Å²) in [7, 11) is 0. The van der Waals surface area contributed by atoms with Crippen LogP contribution in [0.2, 0.25) is 0 Å². The van der Waals surface area contributed by atoms with Crippen LogP contribution in [0.15, 0.2) is 53.0 Å². The van der Waals surface area contributed by atoms with Crippen LogP contribution in [0.5, 0.6) is 0 Å². The molecule has 0 aliphatic rings. The van der Waals surface area contributed by atoms with Crippen molar-refractivity contribution in [3.05, 3.63) is 69.7 Å². The fourth-order valence-electron chi connectivity index (χ4n) is 2.82. The van der Waals surface area contributed by atoms with Crippen LogP contribution in [0.25, 0.3) is 0 Å². The van der Waals surface area contributed by atoms with Gasteiger partial charge in [0.2, 0.25) is 0 Å². The SMILES string of the molecule is CC(C)(C)OC(=O)c1ccc(CN(CCc2ccccc2)C(=O)OC(C)(C)C)c(Br)c1. The molecule has 6 heteroatoms. The van der Waals surface area contributed by atoms with E-state index in [0.29, 0.717) is 25.1 Å². The van der Waals surface area contributed by atoms with Gasteiger partial charge in [-0.1, -0.05) is 52.3 Å². The maximum absolute atomic E-state index is 12.8. The molecule has 0 heterocycles. The number of amides is 1. The summed E-state index contributed by atoms with van der Waals surface area (Å²) in [5, 5.41) is 0. The maximum atomic E-state index is 12.8. The van der Waals surface area contributed by atoms with Gasteiger partial charge in [0, 0.05) is 11.0 Å². The Hall–Kier alpha value is -2.34. The van der Waals surface area contributed by atoms with Crippen LogP contribution in [0.1, 0.15) is 63.0 Å². The van der Waals surface area contributed by atoms with Crippen molar-refractivity contribution in [1.82, 2.24) is 4.90 Å². The number of carbonyl (C=O) groups excluding carboxylic acids is 2. The van der Waals surface area contributed by atoms with E-state index in [4.69, 9.17) is 9.47 Å². The predicted molar refractivity (Wildman–Crippen MR) is 126 cm³/mol. The number of benzene rings is 2. The molecule has 2 aromatic carbocycles. The minimum atomic E-state index is -0.583. The first-order valence-electron chi connectivity index (χ1n) is 10.4. The molecule has 1 amide bonds. The third-order valence-electron chi connectivity index (χ3n) is 4.21. The molecule has 2 rings (SSSR count). The van der Waals surface area contributed by atoms with Crippen molar-refractivity contribution in [2.75, 3.05) is 6.54 Å². The number of ether oxygens (including phenoxy) is 2. The van der Waals surface area contributed by atoms with E-state index in [1.165, 1.54) is 0 Å². The highest BCUT2D eigenvalue weighted by Gasteiger charge is 2.24. The first-order chi connectivity index (χ1) is 14.3. The van der Waals surface area contributed by atoms with Gasteiger partial charge in [-0.2, -0.15) is 0 Å². The van der Waals surface area contributed by atoms with Gasteiger partial charge in [-0.15, -0.1) is 0 Å². The lowest BCUT2D eigenvalue weighted by Crippen LogP contribution is -2.37. The number of halogens is 1. The fraction of sp³-hybridized carbons (Fsp3) is 0.440. The Morgan fingerprint density at radius 3 is 2.06 bits per heavy atom. The van der Waals surface area contributed by atoms with Gasteiger partial charge in [0.05, 0.1) is 12.1 Å². The van der Waals surface area contributed by atoms with Crippen LogP contribution in [0, 0.1) is 0 Å². The summed E-state index contributed by atoms with van der Waals surface area (Å²) in [6.07, 6.45) is 0.347. The Balaban J connectivity index is 2.18. The van der Waals surface area contributed by atoms with Gasteiger partial charge in [0.1, 0.15) is 11.2 Å². The minimum Gasteiger partial charge on any atom is -0.456 e. The molecule has 31 heavy (non-hydrogen) atoms. The standard InChI is InChI=1S/C25H32BrNO4/c1-24(2,3)30-22(28)19-12-13-20(21(26)16-19)17-27(23(29)31-25(4,5)6)15-14-18-10-8-7-9-11-18/h7-13,16H,14-15,17H2,1-6H3. The fourth-order valence-corrected chi connectivity index (χ4v) is 3.32. The zero-order valence-electron chi connectivity index (χ0n) is 19.2. The predicted octanol–water partition coefficient (Wildman–Crippen LogP) is 6.38. The molecule has 2 aromatic rings. The molecule has 0 spiro atoms. The van der Waals surface area contributed by atoms with Crippen molar-refractivity contribution >= 4 is 28.0 Å². The molecular weight excluding hydrogens is 458 g/mol. The van der Waals surface area contributed by atoms with Crippen LogP contribution in [-0.4, -0.2) is 34.7 Å². The van der Waals surface area contributed by atoms with E-state index in [-0.39, 0.29) is 12.1 Å². The van der Waals surface area contributed by atoms with Crippen molar-refractivity contribution in [1.29, 1.82) is 0 Å². The van der Waals surface area contributed by atoms with Crippen LogP contribution in [-0.2, 0) is 22.4 Å². The maximum Gasteiger partial charge on any atom is 0.410 e. The molecule has 0 fully saturated rings. The smallest absolute Gasteiger partial charge is 0.410 e. The second-order valence-electron chi connectivity index (χ2n) is 9.45. The van der Waals surface area contributed by atoms with Crippen LogP contribution in [0.3, 0.4) is 0 Å². The molecule has 0 aromatic heterocycles. The van der Waals surface area contributed by atoms with Gasteiger partial charge >= 0.3 is 12.1 Å². The van der Waals surface area contributed by atoms with Crippen LogP contribution in [0.4, 0.5) is 4.79 Å². The zero-order chi connectivity index (χ0) is 23.2. The second-order valence-corrected chi connectivity index (χ2v) is 10.3. The molecule has 0 saturated heterocycles. The van der Waals surface area contributed by atoms with Crippen molar-refractivity contribution in [3.8, 4) is 0 Å². The first kappa shape index (κ1) is 24.9. The summed E-state index contributed by atoms with van der Waals surface area (Å²) in [5.74, 6) is -0.382. The lowest BCUT2D eigenvalue weighted by atomic mass is 10.1. The topological polar surface area (TPSA) is 55.8 Å². The van der Waals surface area contributed by atoms with Gasteiger partial charge in [0.15, 0.2) is 0 Å². The third-order valence-corrected chi connectivity index (χ3v) is 4.95. The molecule has 0 radical (unpaired) electrons. The Morgan fingerprint density at radius 1 is 0.903 bits per heavy atom. The van der Waals surface area contributed by atoms with Gasteiger partial charge in [-0.3, -0.25) is 0 Å². The van der Waals surface area contributed by atoms with E-state index >= 15 is 0 Å². The summed E-state index contributed by atoms with van der Waals surface area (Å²) in [6.45, 7) is 11.9. The van der Waals surface area contributed by atoms with E-state index in [1.54, 1.807) is 17.0 Å². The summed E-state index contributed by atoms with van der Waals surface area (Å²) < 4.78 is 11.8. The normalized spacial score (nSPS) is 11.7. The van der Waals surface area contributed by atoms with E-state index < -0.39 is 11.2 Å². The van der Waals surface area contributed by atoms with Gasteiger partial charge in [-0.05, 0) is 71.2 Å². The Morgan fingerprint density at radius 2 is 1.52 bits per heavy atom. The molecule has 0 aliphatic carbocycles. The van der Waals surface area contributed by atoms with Crippen molar-refractivity contribution in [2.24, 2.45) is 0 Å². The quantitative estimate of drug-likeness (QED) is 0.441. The zero-order valence-corrected chi connectivity index (χ0v) is 20.8. The van der Waals surface area contributed by atoms with Crippen LogP contribution < -0.4 is 0 Å². The third kappa shape index (κ3) is 8.74. The lowest BCUT2D eigenvalue weighted by molar-refractivity contribution is 0.00682. The largest absolute Gasteiger partial charge is 0.456 e. The van der Waals surface area contributed by atoms with E-state index in [2.05, 4.69) is 15.9 Å². The van der Waals surface area contributed by atoms with E-state index in [1.807, 2.05) is 77.9 Å². The molecule has 5 nitrogen and oxygen atoms in total. The van der Waals surface area contributed by atoms with Crippen molar-refractivity contribution in [3.63, 3.8) is 0 Å². The summed E-state index contributed by atoms with van der Waals surface area (Å²) in [6, 6.07) is 15.3. The summed E-state index contributed by atoms with van der Waals surface area (Å²) >= 11 is 3.54. The van der Waals surface area contributed by atoms with E-state index in [0.717, 1.165) is 15.6 Å². The Kier molecular flexibility index (Phi) is 8.29. The second kappa shape index (κ2) is 10.3. The van der Waals surface area contributed by atoms with Crippen LogP contribution >= 0.6 is 15.9 Å². The molecule has 168 valence electrons. The highest BCUT2D eigenvalue weighted by Crippen LogP contribution is 2.23. The number of hydrogen-bond donors (Lipinski definition) is 0. The molecular formula is C25H32BrNO4. The lowest BCUT2D eigenvalue weighted by Gasteiger charge is -2.28. The minimum absolute atomic E-state index is 0.358. The summed E-state index contributed by atoms with van der Waals surface area (Å²) in [5.41, 5.74) is 1.34. The molecule has 0 atom stereocenters. The molecule has 0 saturated carbocycles. The van der Waals surface area contributed by atoms with Crippen molar-refractivity contribution < 1.29 is 19.1 Å². The number of rotatable bonds is 6. The van der Waals surface area contributed by atoms with Gasteiger partial charge in [0.25, 0.3) is 0 Å². The Labute approximate surface area is 193 Å². The molecule has 0 unspecified atom stereocenters. The monoisotopic (exact) mass is 489 g/mol. The number of hydrogen-bond acceptors (Lipinski definition) is 4. The number of nitrogens with zero attached hydrogens (tertiary/aromatic N) is 1. The highest BCUT2D eigenvalue weighted by atomic mass is 79.9. The number of carbonyl (C=O) groups is 2. The van der Waals surface area contributed by atoms with Crippen molar-refractivity contribution in [2.45, 2.75) is 65.7 Å². The van der Waals surface area contributed by atoms with Gasteiger partial charge < -0.3 is 14.4 Å². The number of esters is 1. The Bertz CT molecular complexity index is 898.